The Bertz CT molecular complexity index is 1110. The van der Waals surface area contributed by atoms with E-state index in [2.05, 4.69) is 4.72 Å². The van der Waals surface area contributed by atoms with E-state index in [0.29, 0.717) is 27.2 Å². The highest BCUT2D eigenvalue weighted by Crippen LogP contribution is 2.35. The molecule has 3 rings (SSSR count). The number of carbonyl (C=O) groups excluding carboxylic acids is 1. The third-order valence-electron chi connectivity index (χ3n) is 4.50. The number of nitrogens with one attached hydrogen (secondary N) is 1. The highest BCUT2D eigenvalue weighted by Gasteiger charge is 2.39. The van der Waals surface area contributed by atoms with Crippen LogP contribution in [0.15, 0.2) is 54.7 Å². The van der Waals surface area contributed by atoms with Crippen LogP contribution in [0.4, 0.5) is 5.69 Å². The van der Waals surface area contributed by atoms with Crippen molar-refractivity contribution in [3.05, 3.63) is 65.3 Å². The first-order valence-electron chi connectivity index (χ1n) is 8.09. The molecule has 1 heterocycles. The van der Waals surface area contributed by atoms with Crippen LogP contribution >= 0.6 is 11.6 Å². The van der Waals surface area contributed by atoms with Gasteiger partial charge in [-0.05, 0) is 42.8 Å². The van der Waals surface area contributed by atoms with Crippen molar-refractivity contribution in [3.8, 4) is 0 Å². The first kappa shape index (κ1) is 19.3. The summed E-state index contributed by atoms with van der Waals surface area (Å²) in [6, 6.07) is 13.9. The average Bonchev–Trinajstić information content (AvgIpc) is 3.05. The van der Waals surface area contributed by atoms with Gasteiger partial charge in [-0.2, -0.15) is 0 Å². The lowest BCUT2D eigenvalue weighted by Crippen LogP contribution is -2.40. The molecule has 1 atom stereocenters. The number of rotatable bonds is 5. The minimum atomic E-state index is -3.44. The van der Waals surface area contributed by atoms with E-state index in [4.69, 9.17) is 16.3 Å². The third kappa shape index (κ3) is 3.52. The highest BCUT2D eigenvalue weighted by molar-refractivity contribution is 7.92. The quantitative estimate of drug-likeness (QED) is 0.656. The number of nitrogens with zero attached hydrogens (tertiary/aromatic N) is 1. The Hall–Kier alpha value is -2.51. The molecule has 2 aromatic carbocycles. The van der Waals surface area contributed by atoms with Crippen molar-refractivity contribution in [2.24, 2.45) is 0 Å². The van der Waals surface area contributed by atoms with Crippen LogP contribution in [-0.4, -0.2) is 32.3 Å². The molecule has 0 aliphatic rings. The number of anilines is 1. The molecule has 0 radical (unpaired) electrons. The topological polar surface area (TPSA) is 77.4 Å². The van der Waals surface area contributed by atoms with Gasteiger partial charge in [0.25, 0.3) is 0 Å². The van der Waals surface area contributed by atoms with Crippen LogP contribution in [0.2, 0.25) is 5.02 Å². The van der Waals surface area contributed by atoms with Crippen molar-refractivity contribution in [1.82, 2.24) is 4.57 Å². The Morgan fingerprint density at radius 2 is 1.81 bits per heavy atom. The van der Waals surface area contributed by atoms with Crippen LogP contribution in [0.3, 0.4) is 0 Å². The second-order valence-corrected chi connectivity index (χ2v) is 8.55. The van der Waals surface area contributed by atoms with E-state index in [0.717, 1.165) is 6.26 Å². The summed E-state index contributed by atoms with van der Waals surface area (Å²) in [5.41, 5.74) is 0.659. The van der Waals surface area contributed by atoms with Crippen molar-refractivity contribution in [1.29, 1.82) is 0 Å². The Kier molecular flexibility index (Phi) is 4.92. The molecule has 0 aliphatic heterocycles. The smallest absolute Gasteiger partial charge is 0.336 e. The second-order valence-electron chi connectivity index (χ2n) is 6.37. The number of aromatic nitrogens is 1. The lowest BCUT2D eigenvalue weighted by Gasteiger charge is -2.30. The predicted molar refractivity (Wildman–Crippen MR) is 107 cm³/mol. The number of sulfonamides is 1. The summed E-state index contributed by atoms with van der Waals surface area (Å²) in [5, 5.41) is 1.23. The van der Waals surface area contributed by atoms with Crippen molar-refractivity contribution < 1.29 is 17.9 Å². The number of ether oxygens (including phenoxy) is 1. The monoisotopic (exact) mass is 406 g/mol. The maximum absolute atomic E-state index is 12.8. The Labute approximate surface area is 162 Å². The molecule has 142 valence electrons. The largest absolute Gasteiger partial charge is 0.467 e. The van der Waals surface area contributed by atoms with Gasteiger partial charge in [-0.15, -0.1) is 0 Å². The fraction of sp³-hybridized carbons (Fsp3) is 0.211. The van der Waals surface area contributed by atoms with Gasteiger partial charge < -0.3 is 9.30 Å². The van der Waals surface area contributed by atoms with E-state index >= 15 is 0 Å². The summed E-state index contributed by atoms with van der Waals surface area (Å²) in [5.74, 6) is -0.455. The molecule has 1 unspecified atom stereocenters. The van der Waals surface area contributed by atoms with Crippen molar-refractivity contribution in [3.63, 3.8) is 0 Å². The molecule has 8 heteroatoms. The average molecular weight is 407 g/mol. The van der Waals surface area contributed by atoms with Crippen molar-refractivity contribution in [2.75, 3.05) is 18.1 Å². The number of halogens is 1. The Balaban J connectivity index is 2.25. The van der Waals surface area contributed by atoms with E-state index in [1.165, 1.54) is 7.11 Å². The van der Waals surface area contributed by atoms with Gasteiger partial charge >= 0.3 is 5.97 Å². The zero-order valence-corrected chi connectivity index (χ0v) is 16.6. The van der Waals surface area contributed by atoms with Crippen LogP contribution in [-0.2, 0) is 25.1 Å². The number of fused-ring (bicyclic) bond motifs is 1. The van der Waals surface area contributed by atoms with Gasteiger partial charge in [0.15, 0.2) is 5.54 Å². The molecule has 0 fully saturated rings. The Morgan fingerprint density at radius 1 is 1.15 bits per heavy atom. The lowest BCUT2D eigenvalue weighted by molar-refractivity contribution is -0.148. The molecule has 0 saturated carbocycles. The molecule has 0 bridgehead atoms. The molecule has 27 heavy (non-hydrogen) atoms. The highest BCUT2D eigenvalue weighted by atomic mass is 35.5. The number of hydrogen-bond acceptors (Lipinski definition) is 4. The van der Waals surface area contributed by atoms with E-state index in [9.17, 15) is 13.2 Å². The predicted octanol–water partition coefficient (Wildman–Crippen LogP) is 3.60. The zero-order valence-electron chi connectivity index (χ0n) is 15.1. The molecule has 0 spiro atoms. The van der Waals surface area contributed by atoms with Gasteiger partial charge in [-0.25, -0.2) is 13.2 Å². The van der Waals surface area contributed by atoms with E-state index < -0.39 is 21.5 Å². The van der Waals surface area contributed by atoms with Crippen LogP contribution in [0.25, 0.3) is 10.9 Å². The van der Waals surface area contributed by atoms with Crippen molar-refractivity contribution in [2.45, 2.75) is 12.5 Å². The maximum Gasteiger partial charge on any atom is 0.336 e. The first-order chi connectivity index (χ1) is 12.7. The molecular weight excluding hydrogens is 388 g/mol. The summed E-state index contributed by atoms with van der Waals surface area (Å²) >= 11 is 5.99. The number of methoxy groups -OCH3 is 1. The molecule has 0 saturated heterocycles. The van der Waals surface area contributed by atoms with Gasteiger partial charge in [0.05, 0.1) is 24.6 Å². The molecule has 1 aromatic heterocycles. The minimum absolute atomic E-state index is 0.442. The SMILES string of the molecule is COC(=O)C(C)(c1ccc(Cl)cc1)n1ccc2c(NS(C)(=O)=O)cccc21. The lowest BCUT2D eigenvalue weighted by atomic mass is 9.91. The van der Waals surface area contributed by atoms with Gasteiger partial charge in [-0.1, -0.05) is 29.8 Å². The third-order valence-corrected chi connectivity index (χ3v) is 5.34. The van der Waals surface area contributed by atoms with Crippen LogP contribution in [0, 0.1) is 0 Å². The molecule has 1 N–H and O–H groups in total. The van der Waals surface area contributed by atoms with Gasteiger partial charge in [0.1, 0.15) is 0 Å². The number of carbonyl (C=O) groups is 1. The molecular formula is C19H19ClN2O4S. The molecule has 0 aliphatic carbocycles. The fourth-order valence-electron chi connectivity index (χ4n) is 3.17. The molecule has 3 aromatic rings. The minimum Gasteiger partial charge on any atom is -0.467 e. The maximum atomic E-state index is 12.8. The summed E-state index contributed by atoms with van der Waals surface area (Å²) in [7, 11) is -2.11. The number of esters is 1. The van der Waals surface area contributed by atoms with Crippen LogP contribution < -0.4 is 4.72 Å². The van der Waals surface area contributed by atoms with Gasteiger partial charge in [-0.3, -0.25) is 4.72 Å². The zero-order chi connectivity index (χ0) is 19.8. The fourth-order valence-corrected chi connectivity index (χ4v) is 3.88. The molecule has 6 nitrogen and oxygen atoms in total. The van der Waals surface area contributed by atoms with E-state index in [1.54, 1.807) is 60.2 Å². The van der Waals surface area contributed by atoms with E-state index in [-0.39, 0.29) is 0 Å². The van der Waals surface area contributed by atoms with E-state index in [1.807, 2.05) is 6.07 Å². The van der Waals surface area contributed by atoms with Crippen LogP contribution in [0.5, 0.6) is 0 Å². The number of hydrogen-bond donors (Lipinski definition) is 1. The second kappa shape index (κ2) is 6.90. The summed E-state index contributed by atoms with van der Waals surface area (Å²) < 4.78 is 32.7. The normalized spacial score (nSPS) is 13.9. The van der Waals surface area contributed by atoms with Gasteiger partial charge in [0, 0.05) is 16.6 Å². The summed E-state index contributed by atoms with van der Waals surface area (Å²) in [6.45, 7) is 1.75. The summed E-state index contributed by atoms with van der Waals surface area (Å²) in [6.07, 6.45) is 2.83. The Morgan fingerprint density at radius 3 is 2.41 bits per heavy atom. The first-order valence-corrected chi connectivity index (χ1v) is 10.4. The number of benzene rings is 2. The van der Waals surface area contributed by atoms with Crippen LogP contribution in [0.1, 0.15) is 12.5 Å². The standard InChI is InChI=1S/C19H19ClN2O4S/c1-19(18(23)26-2,13-7-9-14(20)10-8-13)22-12-11-15-16(21-27(3,24)25)5-4-6-17(15)22/h4-12,21H,1-3H3. The summed E-state index contributed by atoms with van der Waals surface area (Å²) in [4.78, 5) is 12.8. The van der Waals surface area contributed by atoms with Crippen molar-refractivity contribution >= 4 is 44.2 Å². The van der Waals surface area contributed by atoms with Gasteiger partial charge in [0.2, 0.25) is 10.0 Å². The molecule has 0 amide bonds.